The Morgan fingerprint density at radius 2 is 1.84 bits per heavy atom. The summed E-state index contributed by atoms with van der Waals surface area (Å²) in [6.07, 6.45) is 0.258. The lowest BCUT2D eigenvalue weighted by atomic mass is 10.0. The van der Waals surface area contributed by atoms with E-state index in [0.717, 1.165) is 15.6 Å². The summed E-state index contributed by atoms with van der Waals surface area (Å²) in [5.74, 6) is -0.312. The van der Waals surface area contributed by atoms with Crippen LogP contribution >= 0.6 is 31.9 Å². The van der Waals surface area contributed by atoms with Crippen molar-refractivity contribution in [1.82, 2.24) is 0 Å². The Labute approximate surface area is 128 Å². The van der Waals surface area contributed by atoms with Gasteiger partial charge in [-0.05, 0) is 52.2 Å². The Morgan fingerprint density at radius 1 is 1.11 bits per heavy atom. The van der Waals surface area contributed by atoms with Crippen molar-refractivity contribution in [2.24, 2.45) is 0 Å². The second-order valence-corrected chi connectivity index (χ2v) is 6.02. The zero-order valence-corrected chi connectivity index (χ0v) is 13.4. The summed E-state index contributed by atoms with van der Waals surface area (Å²) < 4.78 is 14.4. The summed E-state index contributed by atoms with van der Waals surface area (Å²) in [6.45, 7) is 1.97. The van der Waals surface area contributed by atoms with E-state index in [1.165, 1.54) is 6.07 Å². The molecule has 0 atom stereocenters. The maximum Gasteiger partial charge on any atom is 0.167 e. The minimum absolute atomic E-state index is 0.0132. The summed E-state index contributed by atoms with van der Waals surface area (Å²) in [7, 11) is 0. The zero-order chi connectivity index (χ0) is 14.0. The number of carbonyl (C=O) groups is 1. The smallest absolute Gasteiger partial charge is 0.167 e. The first-order valence-corrected chi connectivity index (χ1v) is 7.29. The Bertz CT molecular complexity index is 638. The number of Topliss-reactive ketones (excluding diaryl/α,β-unsaturated/α-hetero) is 1. The highest BCUT2D eigenvalue weighted by atomic mass is 79.9. The maximum absolute atomic E-state index is 13.1. The van der Waals surface area contributed by atoms with Crippen LogP contribution in [0.5, 0.6) is 0 Å². The van der Waals surface area contributed by atoms with Crippen LogP contribution < -0.4 is 0 Å². The SMILES string of the molecule is Cc1ccc(C(=O)Cc2ccc(F)c(Br)c2)cc1Br. The average Bonchev–Trinajstić information content (AvgIpc) is 2.37. The number of halogens is 3. The number of hydrogen-bond donors (Lipinski definition) is 0. The van der Waals surface area contributed by atoms with E-state index < -0.39 is 0 Å². The van der Waals surface area contributed by atoms with Crippen molar-refractivity contribution in [2.45, 2.75) is 13.3 Å². The minimum Gasteiger partial charge on any atom is -0.294 e. The van der Waals surface area contributed by atoms with Crippen molar-refractivity contribution in [3.05, 3.63) is 67.9 Å². The molecule has 0 aliphatic carbocycles. The molecule has 2 aromatic carbocycles. The Balaban J connectivity index is 2.20. The summed E-state index contributed by atoms with van der Waals surface area (Å²) in [5.41, 5.74) is 2.52. The monoisotopic (exact) mass is 384 g/mol. The molecule has 0 bridgehead atoms. The molecular formula is C15H11Br2FO. The van der Waals surface area contributed by atoms with E-state index >= 15 is 0 Å². The molecule has 1 nitrogen and oxygen atoms in total. The number of carbonyl (C=O) groups excluding carboxylic acids is 1. The first kappa shape index (κ1) is 14.4. The highest BCUT2D eigenvalue weighted by Crippen LogP contribution is 2.21. The van der Waals surface area contributed by atoms with Gasteiger partial charge < -0.3 is 0 Å². The van der Waals surface area contributed by atoms with Crippen molar-refractivity contribution in [3.8, 4) is 0 Å². The summed E-state index contributed by atoms with van der Waals surface area (Å²) in [5, 5.41) is 0. The van der Waals surface area contributed by atoms with Crippen LogP contribution in [0.1, 0.15) is 21.5 Å². The van der Waals surface area contributed by atoms with Gasteiger partial charge in [0.05, 0.1) is 4.47 Å². The molecule has 0 aliphatic rings. The van der Waals surface area contributed by atoms with Crippen molar-refractivity contribution in [1.29, 1.82) is 0 Å². The molecule has 0 N–H and O–H groups in total. The van der Waals surface area contributed by atoms with Gasteiger partial charge in [0.2, 0.25) is 0 Å². The summed E-state index contributed by atoms with van der Waals surface area (Å²) >= 11 is 6.53. The normalized spacial score (nSPS) is 10.5. The molecule has 0 amide bonds. The van der Waals surface area contributed by atoms with Crippen molar-refractivity contribution in [3.63, 3.8) is 0 Å². The highest BCUT2D eigenvalue weighted by molar-refractivity contribution is 9.10. The van der Waals surface area contributed by atoms with Gasteiger partial charge in [-0.3, -0.25) is 4.79 Å². The molecule has 4 heteroatoms. The highest BCUT2D eigenvalue weighted by Gasteiger charge is 2.10. The molecule has 0 aromatic heterocycles. The Morgan fingerprint density at radius 3 is 2.47 bits per heavy atom. The molecule has 0 saturated carbocycles. The number of rotatable bonds is 3. The van der Waals surface area contributed by atoms with Crippen LogP contribution in [0.4, 0.5) is 4.39 Å². The second-order valence-electron chi connectivity index (χ2n) is 4.31. The first-order chi connectivity index (χ1) is 8.97. The molecule has 2 rings (SSSR count). The van der Waals surface area contributed by atoms with E-state index in [2.05, 4.69) is 31.9 Å². The molecule has 2 aromatic rings. The minimum atomic E-state index is -0.325. The molecule has 0 spiro atoms. The third-order valence-electron chi connectivity index (χ3n) is 2.84. The molecule has 0 radical (unpaired) electrons. The van der Waals surface area contributed by atoms with Gasteiger partial charge in [0.25, 0.3) is 0 Å². The van der Waals surface area contributed by atoms with E-state index in [-0.39, 0.29) is 18.0 Å². The summed E-state index contributed by atoms with van der Waals surface area (Å²) in [6, 6.07) is 10.1. The molecule has 0 saturated heterocycles. The predicted octanol–water partition coefficient (Wildman–Crippen LogP) is 5.08. The molecular weight excluding hydrogens is 375 g/mol. The predicted molar refractivity (Wildman–Crippen MR) is 81.0 cm³/mol. The van der Waals surface area contributed by atoms with E-state index in [4.69, 9.17) is 0 Å². The maximum atomic E-state index is 13.1. The van der Waals surface area contributed by atoms with Crippen LogP contribution in [0.2, 0.25) is 0 Å². The fourth-order valence-electron chi connectivity index (χ4n) is 1.70. The van der Waals surface area contributed by atoms with Crippen LogP contribution in [0, 0.1) is 12.7 Å². The van der Waals surface area contributed by atoms with Crippen molar-refractivity contribution >= 4 is 37.6 Å². The van der Waals surface area contributed by atoms with Gasteiger partial charge >= 0.3 is 0 Å². The lowest BCUT2D eigenvalue weighted by Crippen LogP contribution is -2.04. The fraction of sp³-hybridized carbons (Fsp3) is 0.133. The lowest BCUT2D eigenvalue weighted by Gasteiger charge is -2.05. The quantitative estimate of drug-likeness (QED) is 0.673. The third-order valence-corrected chi connectivity index (χ3v) is 4.30. The number of ketones is 1. The second kappa shape index (κ2) is 5.97. The van der Waals surface area contributed by atoms with Crippen LogP contribution in [-0.2, 0) is 6.42 Å². The van der Waals surface area contributed by atoms with Crippen molar-refractivity contribution in [2.75, 3.05) is 0 Å². The number of benzene rings is 2. The van der Waals surface area contributed by atoms with Crippen LogP contribution in [0.15, 0.2) is 45.3 Å². The largest absolute Gasteiger partial charge is 0.294 e. The topological polar surface area (TPSA) is 17.1 Å². The molecule has 0 aliphatic heterocycles. The number of hydrogen-bond acceptors (Lipinski definition) is 1. The van der Waals surface area contributed by atoms with Gasteiger partial charge in [-0.1, -0.05) is 34.1 Å². The molecule has 98 valence electrons. The zero-order valence-electron chi connectivity index (χ0n) is 10.2. The van der Waals surface area contributed by atoms with Gasteiger partial charge in [-0.15, -0.1) is 0 Å². The first-order valence-electron chi connectivity index (χ1n) is 5.70. The lowest BCUT2D eigenvalue weighted by molar-refractivity contribution is 0.0993. The molecule has 0 unspecified atom stereocenters. The van der Waals surface area contributed by atoms with E-state index in [9.17, 15) is 9.18 Å². The van der Waals surface area contributed by atoms with E-state index in [1.54, 1.807) is 18.2 Å². The Hall–Kier alpha value is -1.00. The van der Waals surface area contributed by atoms with Gasteiger partial charge in [-0.2, -0.15) is 0 Å². The third kappa shape index (κ3) is 3.51. The van der Waals surface area contributed by atoms with Crippen LogP contribution in [0.25, 0.3) is 0 Å². The van der Waals surface area contributed by atoms with Crippen LogP contribution in [-0.4, -0.2) is 5.78 Å². The average molecular weight is 386 g/mol. The summed E-state index contributed by atoms with van der Waals surface area (Å²) in [4.78, 5) is 12.1. The van der Waals surface area contributed by atoms with E-state index in [0.29, 0.717) is 10.0 Å². The van der Waals surface area contributed by atoms with Gasteiger partial charge in [0.15, 0.2) is 5.78 Å². The Kier molecular flexibility index (Phi) is 4.53. The molecule has 0 heterocycles. The molecule has 0 fully saturated rings. The van der Waals surface area contributed by atoms with E-state index in [1.807, 2.05) is 19.1 Å². The standard InChI is InChI=1S/C15H11Br2FO/c1-9-2-4-11(8-12(9)16)15(19)7-10-3-5-14(18)13(17)6-10/h2-6,8H,7H2,1H3. The van der Waals surface area contributed by atoms with Gasteiger partial charge in [-0.25, -0.2) is 4.39 Å². The van der Waals surface area contributed by atoms with Crippen molar-refractivity contribution < 1.29 is 9.18 Å². The fourth-order valence-corrected chi connectivity index (χ4v) is 2.51. The van der Waals surface area contributed by atoms with Crippen LogP contribution in [0.3, 0.4) is 0 Å². The van der Waals surface area contributed by atoms with Gasteiger partial charge in [0.1, 0.15) is 5.82 Å². The molecule has 19 heavy (non-hydrogen) atoms. The van der Waals surface area contributed by atoms with Gasteiger partial charge in [0, 0.05) is 16.5 Å². The number of aryl methyl sites for hydroxylation is 1.